The average Bonchev–Trinajstić information content (AvgIpc) is 2.62. The average molecular weight is 324 g/mol. The minimum atomic E-state index is -0.565. The Labute approximate surface area is 140 Å². The predicted molar refractivity (Wildman–Crippen MR) is 90.7 cm³/mol. The first-order chi connectivity index (χ1) is 11.6. The molecular weight excluding hydrogens is 304 g/mol. The lowest BCUT2D eigenvalue weighted by molar-refractivity contribution is -0.145. The summed E-state index contributed by atoms with van der Waals surface area (Å²) >= 11 is 0. The van der Waals surface area contributed by atoms with E-state index in [0.717, 1.165) is 10.8 Å². The van der Waals surface area contributed by atoms with Crippen molar-refractivity contribution in [1.82, 2.24) is 0 Å². The summed E-state index contributed by atoms with van der Waals surface area (Å²) in [6.07, 6.45) is 1.75. The number of ketones is 2. The van der Waals surface area contributed by atoms with Gasteiger partial charge >= 0.3 is 5.97 Å². The highest BCUT2D eigenvalue weighted by Gasteiger charge is 2.38. The maximum atomic E-state index is 13.0. The van der Waals surface area contributed by atoms with Crippen molar-refractivity contribution in [1.29, 1.82) is 0 Å². The summed E-state index contributed by atoms with van der Waals surface area (Å²) in [6, 6.07) is 13.4. The van der Waals surface area contributed by atoms with E-state index in [9.17, 15) is 14.4 Å². The second-order valence-electron chi connectivity index (χ2n) is 6.28. The van der Waals surface area contributed by atoms with Gasteiger partial charge in [0.15, 0.2) is 5.78 Å². The molecule has 0 amide bonds. The van der Waals surface area contributed by atoms with Crippen LogP contribution in [0.2, 0.25) is 0 Å². The van der Waals surface area contributed by atoms with Crippen molar-refractivity contribution in [2.75, 3.05) is 7.11 Å². The van der Waals surface area contributed by atoms with E-state index in [4.69, 9.17) is 4.74 Å². The lowest BCUT2D eigenvalue weighted by atomic mass is 9.73. The Kier molecular flexibility index (Phi) is 4.74. The molecular formula is C20H20O4. The van der Waals surface area contributed by atoms with Crippen molar-refractivity contribution in [2.45, 2.75) is 25.7 Å². The second kappa shape index (κ2) is 6.95. The van der Waals surface area contributed by atoms with Crippen molar-refractivity contribution in [3.8, 4) is 0 Å². The number of benzene rings is 2. The number of carbonyl (C=O) groups is 3. The molecule has 4 heteroatoms. The highest BCUT2D eigenvalue weighted by Crippen LogP contribution is 2.33. The van der Waals surface area contributed by atoms with Gasteiger partial charge in [0, 0.05) is 23.8 Å². The normalized spacial score (nSPS) is 20.8. The third kappa shape index (κ3) is 3.23. The van der Waals surface area contributed by atoms with Gasteiger partial charge in [0.25, 0.3) is 0 Å². The Balaban J connectivity index is 1.89. The number of hydrogen-bond donors (Lipinski definition) is 0. The number of fused-ring (bicyclic) bond motifs is 1. The molecule has 0 saturated heterocycles. The summed E-state index contributed by atoms with van der Waals surface area (Å²) in [5.41, 5.74) is 0.600. The molecule has 4 nitrogen and oxygen atoms in total. The van der Waals surface area contributed by atoms with E-state index < -0.39 is 17.8 Å². The van der Waals surface area contributed by atoms with Crippen molar-refractivity contribution in [3.63, 3.8) is 0 Å². The van der Waals surface area contributed by atoms with E-state index in [2.05, 4.69) is 0 Å². The topological polar surface area (TPSA) is 60.4 Å². The molecule has 3 rings (SSSR count). The van der Waals surface area contributed by atoms with Gasteiger partial charge in [0.1, 0.15) is 5.78 Å². The van der Waals surface area contributed by atoms with Crippen molar-refractivity contribution in [3.05, 3.63) is 48.0 Å². The van der Waals surface area contributed by atoms with E-state index in [-0.39, 0.29) is 18.0 Å². The zero-order valence-electron chi connectivity index (χ0n) is 13.7. The third-order valence-electron chi connectivity index (χ3n) is 4.82. The van der Waals surface area contributed by atoms with Crippen LogP contribution in [0.1, 0.15) is 36.0 Å². The van der Waals surface area contributed by atoms with Gasteiger partial charge in [-0.05, 0) is 29.7 Å². The van der Waals surface area contributed by atoms with Crippen LogP contribution in [0.15, 0.2) is 42.5 Å². The fraction of sp³-hybridized carbons (Fsp3) is 0.350. The van der Waals surface area contributed by atoms with Crippen LogP contribution in [0.4, 0.5) is 0 Å². The van der Waals surface area contributed by atoms with Crippen LogP contribution in [-0.2, 0) is 14.3 Å². The quantitative estimate of drug-likeness (QED) is 0.637. The molecule has 0 bridgehead atoms. The minimum absolute atomic E-state index is 0.00853. The Morgan fingerprint density at radius 2 is 1.88 bits per heavy atom. The molecule has 0 unspecified atom stereocenters. The number of Topliss-reactive ketones (excluding diaryl/α,β-unsaturated/α-hetero) is 2. The van der Waals surface area contributed by atoms with Gasteiger partial charge in [-0.1, -0.05) is 36.4 Å². The van der Waals surface area contributed by atoms with Gasteiger partial charge in [-0.25, -0.2) is 0 Å². The van der Waals surface area contributed by atoms with Gasteiger partial charge in [-0.2, -0.15) is 0 Å². The largest absolute Gasteiger partial charge is 0.469 e. The number of esters is 1. The van der Waals surface area contributed by atoms with Crippen LogP contribution in [0.25, 0.3) is 10.8 Å². The summed E-state index contributed by atoms with van der Waals surface area (Å²) in [4.78, 5) is 36.8. The number of carbonyl (C=O) groups excluding carboxylic acids is 3. The molecule has 1 saturated carbocycles. The van der Waals surface area contributed by atoms with Crippen LogP contribution in [0, 0.1) is 11.8 Å². The molecule has 0 N–H and O–H groups in total. The SMILES string of the molecule is COC(=O)C[C@@H]1C(=O)CCC[C@H]1C(=O)c1ccc2ccccc2c1. The minimum Gasteiger partial charge on any atom is -0.469 e. The van der Waals surface area contributed by atoms with E-state index in [1.807, 2.05) is 36.4 Å². The maximum absolute atomic E-state index is 13.0. The number of ether oxygens (including phenoxy) is 1. The maximum Gasteiger partial charge on any atom is 0.306 e. The van der Waals surface area contributed by atoms with Gasteiger partial charge < -0.3 is 4.74 Å². The molecule has 1 aliphatic carbocycles. The van der Waals surface area contributed by atoms with Crippen LogP contribution >= 0.6 is 0 Å². The molecule has 0 spiro atoms. The lowest BCUT2D eigenvalue weighted by Gasteiger charge is -2.28. The van der Waals surface area contributed by atoms with Crippen molar-refractivity contribution >= 4 is 28.3 Å². The summed E-state index contributed by atoms with van der Waals surface area (Å²) in [5, 5.41) is 2.06. The fourth-order valence-corrected chi connectivity index (χ4v) is 3.50. The molecule has 2 aromatic carbocycles. The molecule has 0 aromatic heterocycles. The molecule has 0 heterocycles. The van der Waals surface area contributed by atoms with E-state index >= 15 is 0 Å². The van der Waals surface area contributed by atoms with E-state index in [1.54, 1.807) is 6.07 Å². The first kappa shape index (κ1) is 16.4. The zero-order chi connectivity index (χ0) is 17.1. The highest BCUT2D eigenvalue weighted by molar-refractivity contribution is 6.04. The highest BCUT2D eigenvalue weighted by atomic mass is 16.5. The smallest absolute Gasteiger partial charge is 0.306 e. The van der Waals surface area contributed by atoms with Gasteiger partial charge in [0.2, 0.25) is 0 Å². The van der Waals surface area contributed by atoms with Crippen LogP contribution in [0.5, 0.6) is 0 Å². The van der Waals surface area contributed by atoms with Gasteiger partial charge in [-0.3, -0.25) is 14.4 Å². The Morgan fingerprint density at radius 1 is 1.12 bits per heavy atom. The summed E-state index contributed by atoms with van der Waals surface area (Å²) in [5.74, 6) is -1.50. The molecule has 0 aliphatic heterocycles. The monoisotopic (exact) mass is 324 g/mol. The van der Waals surface area contributed by atoms with Gasteiger partial charge in [-0.15, -0.1) is 0 Å². The number of rotatable bonds is 4. The molecule has 0 radical (unpaired) electrons. The first-order valence-corrected chi connectivity index (χ1v) is 8.22. The number of methoxy groups -OCH3 is 1. The molecule has 1 aliphatic rings. The van der Waals surface area contributed by atoms with Crippen molar-refractivity contribution in [2.24, 2.45) is 11.8 Å². The molecule has 24 heavy (non-hydrogen) atoms. The zero-order valence-corrected chi connectivity index (χ0v) is 13.7. The summed E-state index contributed by atoms with van der Waals surface area (Å²) in [6.45, 7) is 0. The first-order valence-electron chi connectivity index (χ1n) is 8.22. The Hall–Kier alpha value is -2.49. The Morgan fingerprint density at radius 3 is 2.62 bits per heavy atom. The summed E-state index contributed by atoms with van der Waals surface area (Å²) in [7, 11) is 1.30. The second-order valence-corrected chi connectivity index (χ2v) is 6.28. The van der Waals surface area contributed by atoms with Crippen LogP contribution in [0.3, 0.4) is 0 Å². The third-order valence-corrected chi connectivity index (χ3v) is 4.82. The fourth-order valence-electron chi connectivity index (χ4n) is 3.50. The molecule has 2 atom stereocenters. The van der Waals surface area contributed by atoms with Crippen molar-refractivity contribution < 1.29 is 19.1 Å². The molecule has 124 valence electrons. The predicted octanol–water partition coefficient (Wildman–Crippen LogP) is 3.57. The lowest BCUT2D eigenvalue weighted by Crippen LogP contribution is -2.35. The standard InChI is InChI=1S/C20H20O4/c1-24-19(22)12-17-16(7-4-8-18(17)21)20(23)15-10-9-13-5-2-3-6-14(13)11-15/h2-3,5-6,9-11,16-17H,4,7-8,12H2,1H3/t16-,17+/m1/s1. The van der Waals surface area contributed by atoms with Gasteiger partial charge in [0.05, 0.1) is 13.5 Å². The van der Waals surface area contributed by atoms with E-state index in [1.165, 1.54) is 7.11 Å². The molecule has 2 aromatic rings. The van der Waals surface area contributed by atoms with E-state index in [0.29, 0.717) is 24.8 Å². The van der Waals surface area contributed by atoms with Crippen LogP contribution < -0.4 is 0 Å². The molecule has 1 fully saturated rings. The summed E-state index contributed by atoms with van der Waals surface area (Å²) < 4.78 is 4.69. The van der Waals surface area contributed by atoms with Crippen LogP contribution in [-0.4, -0.2) is 24.6 Å². The Bertz CT molecular complexity index is 793. The number of hydrogen-bond acceptors (Lipinski definition) is 4.